The van der Waals surface area contributed by atoms with Crippen molar-refractivity contribution in [3.8, 4) is 5.75 Å². The summed E-state index contributed by atoms with van der Waals surface area (Å²) >= 11 is 0. The molecule has 0 aliphatic carbocycles. The summed E-state index contributed by atoms with van der Waals surface area (Å²) in [7, 11) is 1.67. The van der Waals surface area contributed by atoms with E-state index in [1.165, 1.54) is 12.5 Å². The molecule has 1 aliphatic heterocycles. The Labute approximate surface area is 207 Å². The van der Waals surface area contributed by atoms with Crippen LogP contribution < -0.4 is 4.74 Å². The minimum Gasteiger partial charge on any atom is -0.427 e. The van der Waals surface area contributed by atoms with Gasteiger partial charge in [0.25, 0.3) is 5.91 Å². The van der Waals surface area contributed by atoms with Gasteiger partial charge in [0.1, 0.15) is 5.75 Å². The molecule has 3 aromatic rings. The van der Waals surface area contributed by atoms with Gasteiger partial charge in [-0.3, -0.25) is 14.5 Å². The summed E-state index contributed by atoms with van der Waals surface area (Å²) in [6.07, 6.45) is 2.27. The second-order valence-corrected chi connectivity index (χ2v) is 9.29. The summed E-state index contributed by atoms with van der Waals surface area (Å²) < 4.78 is 10.5. The average Bonchev–Trinajstić information content (AvgIpc) is 2.86. The summed E-state index contributed by atoms with van der Waals surface area (Å²) in [5.74, 6) is 0.603. The molecule has 0 N–H and O–H groups in total. The van der Waals surface area contributed by atoms with Gasteiger partial charge in [0, 0.05) is 45.8 Å². The minimum absolute atomic E-state index is 0.0215. The SMILES string of the molecule is COCCN(CC1CCCN(Cc2ccccc2)C1)C(=O)c1ccc2cc(OC(C)=O)ccc2c1. The Morgan fingerprint density at radius 3 is 2.57 bits per heavy atom. The highest BCUT2D eigenvalue weighted by molar-refractivity contribution is 5.99. The van der Waals surface area contributed by atoms with Crippen LogP contribution in [0.5, 0.6) is 5.75 Å². The molecule has 6 heteroatoms. The molecule has 1 fully saturated rings. The Balaban J connectivity index is 1.45. The lowest BCUT2D eigenvalue weighted by atomic mass is 9.96. The first-order valence-corrected chi connectivity index (χ1v) is 12.3. The quantitative estimate of drug-likeness (QED) is 0.330. The standard InChI is InChI=1S/C29H34N2O4/c1-22(32)35-28-13-12-25-17-27(11-10-26(25)18-28)29(33)31(15-16-34-2)21-24-9-6-14-30(20-24)19-23-7-4-3-5-8-23/h3-5,7-8,10-13,17-18,24H,6,9,14-16,19-21H2,1-2H3. The second kappa shape index (κ2) is 12.0. The monoisotopic (exact) mass is 474 g/mol. The van der Waals surface area contributed by atoms with Crippen molar-refractivity contribution in [1.82, 2.24) is 9.80 Å². The number of piperidine rings is 1. The van der Waals surface area contributed by atoms with Crippen molar-refractivity contribution in [2.24, 2.45) is 5.92 Å². The fourth-order valence-electron chi connectivity index (χ4n) is 4.84. The first-order valence-electron chi connectivity index (χ1n) is 12.3. The van der Waals surface area contributed by atoms with E-state index in [-0.39, 0.29) is 11.9 Å². The van der Waals surface area contributed by atoms with E-state index in [1.54, 1.807) is 13.2 Å². The van der Waals surface area contributed by atoms with E-state index in [0.717, 1.165) is 49.8 Å². The molecule has 1 aliphatic rings. The lowest BCUT2D eigenvalue weighted by molar-refractivity contribution is -0.131. The van der Waals surface area contributed by atoms with Crippen LogP contribution in [0, 0.1) is 5.92 Å². The van der Waals surface area contributed by atoms with Crippen molar-refractivity contribution in [2.75, 3.05) is 39.9 Å². The second-order valence-electron chi connectivity index (χ2n) is 9.29. The van der Waals surface area contributed by atoms with E-state index in [1.807, 2.05) is 41.3 Å². The summed E-state index contributed by atoms with van der Waals surface area (Å²) in [6.45, 7) is 6.20. The smallest absolute Gasteiger partial charge is 0.308 e. The zero-order chi connectivity index (χ0) is 24.6. The van der Waals surface area contributed by atoms with Gasteiger partial charge in [-0.05, 0) is 65.9 Å². The number of carbonyl (C=O) groups excluding carboxylic acids is 2. The maximum atomic E-state index is 13.5. The van der Waals surface area contributed by atoms with Crippen molar-refractivity contribution in [1.29, 1.82) is 0 Å². The van der Waals surface area contributed by atoms with E-state index in [0.29, 0.717) is 30.4 Å². The third-order valence-electron chi connectivity index (χ3n) is 6.50. The van der Waals surface area contributed by atoms with Crippen LogP contribution in [0.3, 0.4) is 0 Å². The van der Waals surface area contributed by atoms with Gasteiger partial charge in [0.15, 0.2) is 0 Å². The van der Waals surface area contributed by atoms with Crippen molar-refractivity contribution < 1.29 is 19.1 Å². The largest absolute Gasteiger partial charge is 0.427 e. The lowest BCUT2D eigenvalue weighted by Gasteiger charge is -2.36. The van der Waals surface area contributed by atoms with Gasteiger partial charge in [0.2, 0.25) is 0 Å². The summed E-state index contributed by atoms with van der Waals surface area (Å²) in [4.78, 5) is 29.2. The van der Waals surface area contributed by atoms with Crippen LogP contribution in [0.2, 0.25) is 0 Å². The molecule has 1 amide bonds. The number of esters is 1. The average molecular weight is 475 g/mol. The third kappa shape index (κ3) is 6.90. The van der Waals surface area contributed by atoms with Gasteiger partial charge in [-0.2, -0.15) is 0 Å². The van der Waals surface area contributed by atoms with Crippen LogP contribution in [0.4, 0.5) is 0 Å². The zero-order valence-electron chi connectivity index (χ0n) is 20.6. The van der Waals surface area contributed by atoms with Crippen LogP contribution in [-0.4, -0.2) is 61.6 Å². The molecule has 0 bridgehead atoms. The number of hydrogen-bond donors (Lipinski definition) is 0. The van der Waals surface area contributed by atoms with E-state index >= 15 is 0 Å². The van der Waals surface area contributed by atoms with E-state index < -0.39 is 0 Å². The molecule has 0 spiro atoms. The number of rotatable bonds is 9. The van der Waals surface area contributed by atoms with Gasteiger partial charge in [-0.25, -0.2) is 0 Å². The molecule has 3 aromatic carbocycles. The highest BCUT2D eigenvalue weighted by Crippen LogP contribution is 2.24. The Morgan fingerprint density at radius 1 is 1.03 bits per heavy atom. The Bertz CT molecular complexity index is 1150. The van der Waals surface area contributed by atoms with Crippen LogP contribution in [0.25, 0.3) is 10.8 Å². The number of fused-ring (bicyclic) bond motifs is 1. The van der Waals surface area contributed by atoms with Gasteiger partial charge in [-0.15, -0.1) is 0 Å². The first kappa shape index (κ1) is 24.9. The van der Waals surface area contributed by atoms with Gasteiger partial charge in [0.05, 0.1) is 6.61 Å². The number of hydrogen-bond acceptors (Lipinski definition) is 5. The van der Waals surface area contributed by atoms with Gasteiger partial charge in [-0.1, -0.05) is 42.5 Å². The number of nitrogens with zero attached hydrogens (tertiary/aromatic N) is 2. The molecular weight excluding hydrogens is 440 g/mol. The molecule has 0 saturated carbocycles. The summed E-state index contributed by atoms with van der Waals surface area (Å²) in [5, 5.41) is 1.86. The molecule has 1 atom stereocenters. The third-order valence-corrected chi connectivity index (χ3v) is 6.50. The molecule has 0 aromatic heterocycles. The van der Waals surface area contributed by atoms with Crippen molar-refractivity contribution in [2.45, 2.75) is 26.3 Å². The van der Waals surface area contributed by atoms with Crippen LogP contribution in [0.1, 0.15) is 35.7 Å². The predicted molar refractivity (Wildman–Crippen MR) is 137 cm³/mol. The number of ether oxygens (including phenoxy) is 2. The fourth-order valence-corrected chi connectivity index (χ4v) is 4.84. The normalized spacial score (nSPS) is 16.2. The minimum atomic E-state index is -0.352. The fraction of sp³-hybridized carbons (Fsp3) is 0.379. The molecule has 0 radical (unpaired) electrons. The number of benzene rings is 3. The van der Waals surface area contributed by atoms with Crippen LogP contribution in [0.15, 0.2) is 66.7 Å². The van der Waals surface area contributed by atoms with Gasteiger partial charge >= 0.3 is 5.97 Å². The number of likely N-dealkylation sites (tertiary alicyclic amines) is 1. The molecule has 1 unspecified atom stereocenters. The Hall–Kier alpha value is -3.22. The first-order chi connectivity index (χ1) is 17.0. The topological polar surface area (TPSA) is 59.1 Å². The number of amides is 1. The molecule has 1 saturated heterocycles. The van der Waals surface area contributed by atoms with Crippen molar-refractivity contribution in [3.05, 3.63) is 77.9 Å². The molecule has 184 valence electrons. The van der Waals surface area contributed by atoms with E-state index in [4.69, 9.17) is 9.47 Å². The molecule has 6 nitrogen and oxygen atoms in total. The van der Waals surface area contributed by atoms with Gasteiger partial charge < -0.3 is 14.4 Å². The molecule has 4 rings (SSSR count). The number of carbonyl (C=O) groups is 2. The highest BCUT2D eigenvalue weighted by atomic mass is 16.5. The maximum Gasteiger partial charge on any atom is 0.308 e. The molecule has 1 heterocycles. The molecular formula is C29H34N2O4. The number of methoxy groups -OCH3 is 1. The summed E-state index contributed by atoms with van der Waals surface area (Å²) in [5.41, 5.74) is 1.99. The van der Waals surface area contributed by atoms with Crippen molar-refractivity contribution >= 4 is 22.6 Å². The van der Waals surface area contributed by atoms with Crippen molar-refractivity contribution in [3.63, 3.8) is 0 Å². The predicted octanol–water partition coefficient (Wildman–Crippen LogP) is 4.77. The lowest BCUT2D eigenvalue weighted by Crippen LogP contribution is -2.43. The summed E-state index contributed by atoms with van der Waals surface area (Å²) in [6, 6.07) is 21.7. The Morgan fingerprint density at radius 2 is 1.80 bits per heavy atom. The Kier molecular flexibility index (Phi) is 8.50. The highest BCUT2D eigenvalue weighted by Gasteiger charge is 2.25. The van der Waals surface area contributed by atoms with Crippen LogP contribution in [-0.2, 0) is 16.1 Å². The zero-order valence-corrected chi connectivity index (χ0v) is 20.6. The van der Waals surface area contributed by atoms with Crippen LogP contribution >= 0.6 is 0 Å². The maximum absolute atomic E-state index is 13.5. The van der Waals surface area contributed by atoms with E-state index in [9.17, 15) is 9.59 Å². The van der Waals surface area contributed by atoms with E-state index in [2.05, 4.69) is 29.2 Å². The molecule has 35 heavy (non-hydrogen) atoms.